The van der Waals surface area contributed by atoms with E-state index in [-0.39, 0.29) is 0 Å². The molecule has 1 aliphatic heterocycles. The zero-order valence-corrected chi connectivity index (χ0v) is 12.7. The van der Waals surface area contributed by atoms with Crippen LogP contribution < -0.4 is 0 Å². The maximum absolute atomic E-state index is 5.81. The highest BCUT2D eigenvalue weighted by Crippen LogP contribution is 2.19. The lowest BCUT2D eigenvalue weighted by Gasteiger charge is -2.29. The molecule has 0 radical (unpaired) electrons. The van der Waals surface area contributed by atoms with E-state index in [1.165, 1.54) is 24.8 Å². The Labute approximate surface area is 122 Å². The Morgan fingerprint density at radius 1 is 1.32 bits per heavy atom. The van der Waals surface area contributed by atoms with Gasteiger partial charge in [0, 0.05) is 25.6 Å². The summed E-state index contributed by atoms with van der Waals surface area (Å²) < 4.78 is 5.81. The fraction of sp³-hybridized carbons (Fsp3) is 0.625. The summed E-state index contributed by atoms with van der Waals surface area (Å²) in [5.74, 6) is 1.39. The summed E-state index contributed by atoms with van der Waals surface area (Å²) in [6, 6.07) is 10.7. The average molecular weight is 279 g/mol. The van der Waals surface area contributed by atoms with E-state index in [1.54, 1.807) is 0 Å². The van der Waals surface area contributed by atoms with Gasteiger partial charge in [0.05, 0.1) is 6.10 Å². The van der Waals surface area contributed by atoms with Crippen molar-refractivity contribution in [1.29, 1.82) is 0 Å². The van der Waals surface area contributed by atoms with Gasteiger partial charge in [-0.15, -0.1) is 0 Å². The first kappa shape index (κ1) is 14.9. The van der Waals surface area contributed by atoms with Crippen LogP contribution in [0.3, 0.4) is 0 Å². The zero-order chi connectivity index (χ0) is 13.5. The fourth-order valence-electron chi connectivity index (χ4n) is 2.74. The Bertz CT molecular complexity index is 351. The molecular formula is C16H25NOS. The minimum atomic E-state index is 0.426. The molecule has 1 fully saturated rings. The predicted molar refractivity (Wildman–Crippen MR) is 84.1 cm³/mol. The van der Waals surface area contributed by atoms with Gasteiger partial charge in [-0.3, -0.25) is 0 Å². The van der Waals surface area contributed by atoms with E-state index in [2.05, 4.69) is 54.9 Å². The van der Waals surface area contributed by atoms with E-state index < -0.39 is 0 Å². The summed E-state index contributed by atoms with van der Waals surface area (Å²) in [5.41, 5.74) is 1.38. The number of rotatable bonds is 6. The second kappa shape index (κ2) is 7.93. The van der Waals surface area contributed by atoms with Gasteiger partial charge < -0.3 is 9.64 Å². The van der Waals surface area contributed by atoms with Crippen LogP contribution >= 0.6 is 12.6 Å². The van der Waals surface area contributed by atoms with Gasteiger partial charge in [-0.2, -0.15) is 12.6 Å². The van der Waals surface area contributed by atoms with Crippen LogP contribution in [-0.2, 0) is 4.74 Å². The molecule has 0 N–H and O–H groups in total. The maximum atomic E-state index is 5.81. The zero-order valence-electron chi connectivity index (χ0n) is 11.8. The molecule has 106 valence electrons. The van der Waals surface area contributed by atoms with Gasteiger partial charge >= 0.3 is 0 Å². The largest absolute Gasteiger partial charge is 0.377 e. The predicted octanol–water partition coefficient (Wildman–Crippen LogP) is 3.20. The molecule has 1 saturated heterocycles. The Morgan fingerprint density at radius 3 is 2.74 bits per heavy atom. The molecule has 1 heterocycles. The van der Waals surface area contributed by atoms with Gasteiger partial charge in [-0.05, 0) is 37.6 Å². The normalized spacial score (nSPS) is 21.5. The van der Waals surface area contributed by atoms with Crippen molar-refractivity contribution in [1.82, 2.24) is 4.90 Å². The first-order valence-corrected chi connectivity index (χ1v) is 7.89. The Kier molecular flexibility index (Phi) is 6.21. The van der Waals surface area contributed by atoms with E-state index >= 15 is 0 Å². The van der Waals surface area contributed by atoms with Crippen molar-refractivity contribution in [2.45, 2.75) is 31.3 Å². The van der Waals surface area contributed by atoms with Gasteiger partial charge in [0.25, 0.3) is 0 Å². The molecule has 0 spiro atoms. The first-order valence-electron chi connectivity index (χ1n) is 7.25. The molecule has 0 saturated carbocycles. The highest BCUT2D eigenvalue weighted by molar-refractivity contribution is 7.80. The van der Waals surface area contributed by atoms with Gasteiger partial charge in [-0.25, -0.2) is 0 Å². The fourth-order valence-corrected chi connectivity index (χ4v) is 3.07. The second-order valence-corrected chi connectivity index (χ2v) is 5.87. The first-order chi connectivity index (χ1) is 9.29. The Morgan fingerprint density at radius 2 is 2.11 bits per heavy atom. The van der Waals surface area contributed by atoms with E-state index in [4.69, 9.17) is 4.74 Å². The molecule has 2 nitrogen and oxygen atoms in total. The number of nitrogens with zero attached hydrogens (tertiary/aromatic N) is 1. The number of likely N-dealkylation sites (N-methyl/N-ethyl adjacent to an activating group) is 1. The highest BCUT2D eigenvalue weighted by atomic mass is 32.1. The number of ether oxygens (including phenoxy) is 1. The Balaban J connectivity index is 1.84. The SMILES string of the molecule is CN(CC1CCCCO1)CC(CS)c1ccccc1. The van der Waals surface area contributed by atoms with Gasteiger partial charge in [0.2, 0.25) is 0 Å². The molecule has 0 aromatic heterocycles. The van der Waals surface area contributed by atoms with Gasteiger partial charge in [0.15, 0.2) is 0 Å². The summed E-state index contributed by atoms with van der Waals surface area (Å²) in [5, 5.41) is 0. The summed E-state index contributed by atoms with van der Waals surface area (Å²) in [4.78, 5) is 2.39. The van der Waals surface area contributed by atoms with Crippen LogP contribution in [0.25, 0.3) is 0 Å². The number of thiol groups is 1. The molecule has 0 bridgehead atoms. The van der Waals surface area contributed by atoms with E-state index in [0.29, 0.717) is 12.0 Å². The van der Waals surface area contributed by atoms with Crippen molar-refractivity contribution >= 4 is 12.6 Å². The highest BCUT2D eigenvalue weighted by Gasteiger charge is 2.18. The third-order valence-corrected chi connectivity index (χ3v) is 4.25. The lowest BCUT2D eigenvalue weighted by molar-refractivity contribution is -0.00195. The second-order valence-electron chi connectivity index (χ2n) is 5.50. The van der Waals surface area contributed by atoms with Crippen LogP contribution in [0.4, 0.5) is 0 Å². The number of hydrogen-bond acceptors (Lipinski definition) is 3. The molecule has 0 aliphatic carbocycles. The quantitative estimate of drug-likeness (QED) is 0.803. The molecule has 19 heavy (non-hydrogen) atoms. The van der Waals surface area contributed by atoms with Crippen molar-refractivity contribution in [3.8, 4) is 0 Å². The van der Waals surface area contributed by atoms with Crippen LogP contribution in [0.1, 0.15) is 30.7 Å². The summed E-state index contributed by atoms with van der Waals surface area (Å²) >= 11 is 4.51. The van der Waals surface area contributed by atoms with Crippen LogP contribution in [0.2, 0.25) is 0 Å². The van der Waals surface area contributed by atoms with Crippen LogP contribution in [0.5, 0.6) is 0 Å². The minimum Gasteiger partial charge on any atom is -0.377 e. The average Bonchev–Trinajstić information content (AvgIpc) is 2.47. The van der Waals surface area contributed by atoms with Crippen molar-refractivity contribution in [3.05, 3.63) is 35.9 Å². The lowest BCUT2D eigenvalue weighted by atomic mass is 10.0. The van der Waals surface area contributed by atoms with Gasteiger partial charge in [-0.1, -0.05) is 30.3 Å². The van der Waals surface area contributed by atoms with E-state index in [1.807, 2.05) is 0 Å². The topological polar surface area (TPSA) is 12.5 Å². The molecule has 1 aromatic carbocycles. The molecule has 0 amide bonds. The number of hydrogen-bond donors (Lipinski definition) is 1. The van der Waals surface area contributed by atoms with Crippen molar-refractivity contribution < 1.29 is 4.74 Å². The summed E-state index contributed by atoms with van der Waals surface area (Å²) in [6.45, 7) is 3.03. The van der Waals surface area contributed by atoms with Crippen molar-refractivity contribution in [2.75, 3.05) is 32.5 Å². The van der Waals surface area contributed by atoms with Crippen LogP contribution in [0.15, 0.2) is 30.3 Å². The van der Waals surface area contributed by atoms with Crippen molar-refractivity contribution in [2.24, 2.45) is 0 Å². The monoisotopic (exact) mass is 279 g/mol. The third kappa shape index (κ3) is 4.83. The molecule has 1 aliphatic rings. The standard InChI is InChI=1S/C16H25NOS/c1-17(12-16-9-5-6-10-18-16)11-15(13-19)14-7-3-2-4-8-14/h2-4,7-8,15-16,19H,5-6,9-13H2,1H3. The minimum absolute atomic E-state index is 0.426. The Hall–Kier alpha value is -0.510. The van der Waals surface area contributed by atoms with Crippen LogP contribution in [0, 0.1) is 0 Å². The molecular weight excluding hydrogens is 254 g/mol. The molecule has 3 heteroatoms. The van der Waals surface area contributed by atoms with Crippen molar-refractivity contribution in [3.63, 3.8) is 0 Å². The lowest BCUT2D eigenvalue weighted by Crippen LogP contribution is -2.35. The third-order valence-electron chi connectivity index (χ3n) is 3.81. The smallest absolute Gasteiger partial charge is 0.0701 e. The molecule has 1 aromatic rings. The molecule has 2 atom stereocenters. The van der Waals surface area contributed by atoms with Crippen LogP contribution in [-0.4, -0.2) is 43.5 Å². The van der Waals surface area contributed by atoms with E-state index in [0.717, 1.165) is 25.4 Å². The van der Waals surface area contributed by atoms with Gasteiger partial charge in [0.1, 0.15) is 0 Å². The van der Waals surface area contributed by atoms with E-state index in [9.17, 15) is 0 Å². The molecule has 2 rings (SSSR count). The number of benzene rings is 1. The summed E-state index contributed by atoms with van der Waals surface area (Å²) in [6.07, 6.45) is 4.17. The summed E-state index contributed by atoms with van der Waals surface area (Å²) in [7, 11) is 2.19. The molecule has 2 unspecified atom stereocenters. The maximum Gasteiger partial charge on any atom is 0.0701 e.